The number of aromatic hydroxyl groups is 1. The molecule has 3 rings (SSSR count). The Morgan fingerprint density at radius 2 is 1.90 bits per heavy atom. The molecule has 4 nitrogen and oxygen atoms in total. The van der Waals surface area contributed by atoms with Crippen LogP contribution in [0.1, 0.15) is 17.9 Å². The minimum atomic E-state index is -0.183. The van der Waals surface area contributed by atoms with Gasteiger partial charge in [-0.15, -0.1) is 0 Å². The standard InChI is InChI=1S/C15H12Cl2N2O2/c16-11-1-2-12(20)14(15(11)17)9-7-13(21)19(8-9)10-3-5-18-6-4-10/h1-6,9,20H,7-8H2/t9-/m1/s1. The summed E-state index contributed by atoms with van der Waals surface area (Å²) in [5.41, 5.74) is 1.32. The van der Waals surface area contributed by atoms with E-state index in [0.29, 0.717) is 22.2 Å². The van der Waals surface area contributed by atoms with Crippen molar-refractivity contribution in [1.82, 2.24) is 4.98 Å². The SMILES string of the molecule is O=C1C[C@@H](c2c(O)ccc(Cl)c2Cl)CN1c1ccncc1. The lowest BCUT2D eigenvalue weighted by atomic mass is 9.97. The summed E-state index contributed by atoms with van der Waals surface area (Å²) in [5.74, 6) is -0.128. The third kappa shape index (κ3) is 2.57. The summed E-state index contributed by atoms with van der Waals surface area (Å²) in [4.78, 5) is 17.8. The third-order valence-corrected chi connectivity index (χ3v) is 4.44. The van der Waals surface area contributed by atoms with Crippen LogP contribution in [0.5, 0.6) is 5.75 Å². The molecule has 1 aliphatic heterocycles. The number of pyridine rings is 1. The predicted octanol–water partition coefficient (Wildman–Crippen LogP) is 3.61. The van der Waals surface area contributed by atoms with Gasteiger partial charge in [0.25, 0.3) is 0 Å². The number of benzene rings is 1. The van der Waals surface area contributed by atoms with Crippen molar-refractivity contribution in [2.24, 2.45) is 0 Å². The van der Waals surface area contributed by atoms with Crippen LogP contribution in [0.4, 0.5) is 5.69 Å². The first-order chi connectivity index (χ1) is 10.1. The van der Waals surface area contributed by atoms with Crippen molar-refractivity contribution >= 4 is 34.8 Å². The molecule has 1 saturated heterocycles. The van der Waals surface area contributed by atoms with Crippen molar-refractivity contribution in [1.29, 1.82) is 0 Å². The van der Waals surface area contributed by atoms with Crippen molar-refractivity contribution in [2.45, 2.75) is 12.3 Å². The lowest BCUT2D eigenvalue weighted by Crippen LogP contribution is -2.24. The maximum atomic E-state index is 12.2. The molecule has 0 saturated carbocycles. The fourth-order valence-corrected chi connectivity index (χ4v) is 3.10. The zero-order valence-electron chi connectivity index (χ0n) is 11.0. The molecule has 108 valence electrons. The zero-order chi connectivity index (χ0) is 15.0. The number of carbonyl (C=O) groups is 1. The fraction of sp³-hybridized carbons (Fsp3) is 0.200. The van der Waals surface area contributed by atoms with Crippen LogP contribution in [0, 0.1) is 0 Å². The Morgan fingerprint density at radius 3 is 2.62 bits per heavy atom. The second-order valence-corrected chi connectivity index (χ2v) is 5.69. The second-order valence-electron chi connectivity index (χ2n) is 4.90. The van der Waals surface area contributed by atoms with E-state index >= 15 is 0 Å². The molecule has 0 aliphatic carbocycles. The van der Waals surface area contributed by atoms with Crippen molar-refractivity contribution in [2.75, 3.05) is 11.4 Å². The van der Waals surface area contributed by atoms with Gasteiger partial charge in [0, 0.05) is 42.5 Å². The summed E-state index contributed by atoms with van der Waals surface area (Å²) in [7, 11) is 0. The third-order valence-electron chi connectivity index (χ3n) is 3.62. The largest absolute Gasteiger partial charge is 0.508 e. The van der Waals surface area contributed by atoms with Gasteiger partial charge < -0.3 is 10.0 Å². The molecule has 1 aromatic carbocycles. The average molecular weight is 323 g/mol. The molecule has 21 heavy (non-hydrogen) atoms. The molecule has 1 atom stereocenters. The molecule has 0 spiro atoms. The number of aromatic nitrogens is 1. The second kappa shape index (κ2) is 5.54. The first-order valence-corrected chi connectivity index (χ1v) is 7.20. The van der Waals surface area contributed by atoms with E-state index < -0.39 is 0 Å². The van der Waals surface area contributed by atoms with Crippen LogP contribution in [-0.4, -0.2) is 22.5 Å². The molecule has 1 fully saturated rings. The molecule has 0 bridgehead atoms. The Kier molecular flexibility index (Phi) is 3.74. The van der Waals surface area contributed by atoms with E-state index in [9.17, 15) is 9.90 Å². The zero-order valence-corrected chi connectivity index (χ0v) is 12.5. The molecule has 1 aliphatic rings. The minimum Gasteiger partial charge on any atom is -0.508 e. The van der Waals surface area contributed by atoms with E-state index in [4.69, 9.17) is 23.2 Å². The van der Waals surface area contributed by atoms with Gasteiger partial charge in [0.2, 0.25) is 5.91 Å². The van der Waals surface area contributed by atoms with Gasteiger partial charge in [-0.25, -0.2) is 0 Å². The maximum Gasteiger partial charge on any atom is 0.227 e. The van der Waals surface area contributed by atoms with Crippen LogP contribution in [0.25, 0.3) is 0 Å². The van der Waals surface area contributed by atoms with Crippen LogP contribution < -0.4 is 4.90 Å². The van der Waals surface area contributed by atoms with E-state index in [1.54, 1.807) is 35.5 Å². The Balaban J connectivity index is 1.94. The van der Waals surface area contributed by atoms with Crippen molar-refractivity contribution in [3.63, 3.8) is 0 Å². The number of halogens is 2. The molecule has 0 radical (unpaired) electrons. The Morgan fingerprint density at radius 1 is 1.19 bits per heavy atom. The highest BCUT2D eigenvalue weighted by molar-refractivity contribution is 6.42. The number of amides is 1. The lowest BCUT2D eigenvalue weighted by Gasteiger charge is -2.18. The first-order valence-electron chi connectivity index (χ1n) is 6.45. The number of rotatable bonds is 2. The van der Waals surface area contributed by atoms with E-state index in [0.717, 1.165) is 5.69 Å². The molecular weight excluding hydrogens is 311 g/mol. The van der Waals surface area contributed by atoms with Gasteiger partial charge >= 0.3 is 0 Å². The van der Waals surface area contributed by atoms with E-state index in [1.807, 2.05) is 0 Å². The molecule has 2 heterocycles. The number of hydrogen-bond donors (Lipinski definition) is 1. The molecule has 0 unspecified atom stereocenters. The topological polar surface area (TPSA) is 53.4 Å². The molecule has 1 N–H and O–H groups in total. The summed E-state index contributed by atoms with van der Waals surface area (Å²) in [6.07, 6.45) is 3.56. The summed E-state index contributed by atoms with van der Waals surface area (Å²) in [5, 5.41) is 10.7. The molecule has 1 amide bonds. The smallest absolute Gasteiger partial charge is 0.227 e. The number of carbonyl (C=O) groups excluding carboxylic acids is 1. The van der Waals surface area contributed by atoms with E-state index in [-0.39, 0.29) is 24.0 Å². The van der Waals surface area contributed by atoms with Gasteiger partial charge in [-0.3, -0.25) is 9.78 Å². The monoisotopic (exact) mass is 322 g/mol. The number of anilines is 1. The highest BCUT2D eigenvalue weighted by atomic mass is 35.5. The Bertz CT molecular complexity index is 692. The van der Waals surface area contributed by atoms with Crippen LogP contribution in [0.2, 0.25) is 10.0 Å². The summed E-state index contributed by atoms with van der Waals surface area (Å²) in [6, 6.07) is 6.60. The fourth-order valence-electron chi connectivity index (χ4n) is 2.62. The number of phenols is 1. The van der Waals surface area contributed by atoms with Gasteiger partial charge in [-0.1, -0.05) is 23.2 Å². The summed E-state index contributed by atoms with van der Waals surface area (Å²) >= 11 is 12.2. The van der Waals surface area contributed by atoms with E-state index in [2.05, 4.69) is 4.98 Å². The maximum absolute atomic E-state index is 12.2. The van der Waals surface area contributed by atoms with Gasteiger partial charge in [0.05, 0.1) is 10.0 Å². The van der Waals surface area contributed by atoms with Gasteiger partial charge in [-0.05, 0) is 24.3 Å². The Labute approximate surface area is 131 Å². The highest BCUT2D eigenvalue weighted by Gasteiger charge is 2.34. The van der Waals surface area contributed by atoms with Crippen molar-refractivity contribution in [3.8, 4) is 5.75 Å². The first kappa shape index (κ1) is 14.2. The average Bonchev–Trinajstić information content (AvgIpc) is 2.86. The van der Waals surface area contributed by atoms with Gasteiger partial charge in [0.1, 0.15) is 5.75 Å². The summed E-state index contributed by atoms with van der Waals surface area (Å²) < 4.78 is 0. The van der Waals surface area contributed by atoms with Gasteiger partial charge in [0.15, 0.2) is 0 Å². The molecule has 1 aromatic heterocycles. The van der Waals surface area contributed by atoms with Crippen molar-refractivity contribution < 1.29 is 9.90 Å². The van der Waals surface area contributed by atoms with Crippen LogP contribution in [-0.2, 0) is 4.79 Å². The quantitative estimate of drug-likeness (QED) is 0.918. The van der Waals surface area contributed by atoms with Gasteiger partial charge in [-0.2, -0.15) is 0 Å². The minimum absolute atomic E-state index is 0.0124. The van der Waals surface area contributed by atoms with E-state index in [1.165, 1.54) is 6.07 Å². The number of hydrogen-bond acceptors (Lipinski definition) is 3. The Hall–Kier alpha value is -1.78. The normalized spacial score (nSPS) is 18.3. The van der Waals surface area contributed by atoms with Crippen LogP contribution in [0.3, 0.4) is 0 Å². The van der Waals surface area contributed by atoms with Crippen LogP contribution >= 0.6 is 23.2 Å². The molecule has 6 heteroatoms. The highest BCUT2D eigenvalue weighted by Crippen LogP contribution is 2.42. The van der Waals surface area contributed by atoms with Crippen LogP contribution in [0.15, 0.2) is 36.7 Å². The lowest BCUT2D eigenvalue weighted by molar-refractivity contribution is -0.117. The number of phenolic OH excluding ortho intramolecular Hbond substituents is 1. The predicted molar refractivity (Wildman–Crippen MR) is 82.1 cm³/mol. The van der Waals surface area contributed by atoms with Crippen molar-refractivity contribution in [3.05, 3.63) is 52.3 Å². The number of nitrogens with zero attached hydrogens (tertiary/aromatic N) is 2. The molecule has 2 aromatic rings. The molecular formula is C15H12Cl2N2O2. The summed E-state index contributed by atoms with van der Waals surface area (Å²) in [6.45, 7) is 0.455.